The van der Waals surface area contributed by atoms with Gasteiger partial charge in [0.05, 0.1) is 12.1 Å². The highest BCUT2D eigenvalue weighted by molar-refractivity contribution is 7.80. The zero-order chi connectivity index (χ0) is 23.7. The molecule has 172 valence electrons. The first-order chi connectivity index (χ1) is 16.5. The van der Waals surface area contributed by atoms with Crippen molar-refractivity contribution in [1.82, 2.24) is 4.90 Å². The van der Waals surface area contributed by atoms with E-state index < -0.39 is 6.04 Å². The van der Waals surface area contributed by atoms with E-state index in [1.54, 1.807) is 29.2 Å². The third kappa shape index (κ3) is 4.42. The van der Waals surface area contributed by atoms with Gasteiger partial charge >= 0.3 is 0 Å². The van der Waals surface area contributed by atoms with E-state index in [0.29, 0.717) is 33.9 Å². The molecule has 0 aliphatic carbocycles. The first-order valence-electron chi connectivity index (χ1n) is 10.6. The number of rotatable bonds is 5. The fourth-order valence-corrected chi connectivity index (χ4v) is 4.52. The average molecular weight is 494 g/mol. The molecule has 7 nitrogen and oxygen atoms in total. The Morgan fingerprint density at radius 3 is 2.62 bits per heavy atom. The molecule has 2 amide bonds. The standard InChI is InChI=1S/C25H20ClN3O4S/c26-17-5-4-8-19(12-17)29-23(30)13-20(24(29)31)28(25(34)27-18-6-2-1-3-7-18)14-16-9-10-21-22(11-16)33-15-32-21/h1-12,20H,13-15H2,(H,27,34)/t20-/m1/s1. The molecular formula is C25H20ClN3O4S. The van der Waals surface area contributed by atoms with Crippen LogP contribution < -0.4 is 19.7 Å². The van der Waals surface area contributed by atoms with Crippen LogP contribution in [0.25, 0.3) is 0 Å². The Bertz CT molecular complexity index is 1270. The largest absolute Gasteiger partial charge is 0.454 e. The van der Waals surface area contributed by atoms with E-state index in [1.807, 2.05) is 48.5 Å². The maximum absolute atomic E-state index is 13.5. The van der Waals surface area contributed by atoms with Crippen molar-refractivity contribution in [2.75, 3.05) is 17.0 Å². The molecule has 0 bridgehead atoms. The predicted octanol–water partition coefficient (Wildman–Crippen LogP) is 4.60. The molecule has 3 aromatic carbocycles. The number of nitrogens with one attached hydrogen (secondary N) is 1. The van der Waals surface area contributed by atoms with Crippen molar-refractivity contribution >= 4 is 52.1 Å². The fourth-order valence-electron chi connectivity index (χ4n) is 4.02. The van der Waals surface area contributed by atoms with Crippen LogP contribution in [0.1, 0.15) is 12.0 Å². The van der Waals surface area contributed by atoms with Gasteiger partial charge < -0.3 is 19.7 Å². The number of hydrogen-bond acceptors (Lipinski definition) is 5. The predicted molar refractivity (Wildman–Crippen MR) is 133 cm³/mol. The minimum absolute atomic E-state index is 0.00743. The second-order valence-corrected chi connectivity index (χ2v) is 8.70. The summed E-state index contributed by atoms with van der Waals surface area (Å²) in [6.45, 7) is 0.461. The van der Waals surface area contributed by atoms with E-state index in [4.69, 9.17) is 33.3 Å². The van der Waals surface area contributed by atoms with Gasteiger partial charge in [0.15, 0.2) is 16.6 Å². The van der Waals surface area contributed by atoms with Crippen LogP contribution in [0.5, 0.6) is 11.5 Å². The first kappa shape index (κ1) is 22.2. The number of hydrogen-bond donors (Lipinski definition) is 1. The summed E-state index contributed by atoms with van der Waals surface area (Å²) >= 11 is 11.8. The number of carbonyl (C=O) groups is 2. The number of para-hydroxylation sites is 1. The molecule has 1 atom stereocenters. The number of fused-ring (bicyclic) bond motifs is 1. The molecule has 0 radical (unpaired) electrons. The quantitative estimate of drug-likeness (QED) is 0.411. The van der Waals surface area contributed by atoms with Crippen molar-refractivity contribution in [1.29, 1.82) is 0 Å². The van der Waals surface area contributed by atoms with Crippen LogP contribution >= 0.6 is 23.8 Å². The van der Waals surface area contributed by atoms with Crippen LogP contribution in [-0.2, 0) is 16.1 Å². The number of ether oxygens (including phenoxy) is 2. The van der Waals surface area contributed by atoms with E-state index in [-0.39, 0.29) is 25.0 Å². The summed E-state index contributed by atoms with van der Waals surface area (Å²) in [5.41, 5.74) is 2.09. The van der Waals surface area contributed by atoms with E-state index in [0.717, 1.165) is 11.3 Å². The van der Waals surface area contributed by atoms with Crippen LogP contribution in [0, 0.1) is 0 Å². The number of benzene rings is 3. The highest BCUT2D eigenvalue weighted by atomic mass is 35.5. The minimum Gasteiger partial charge on any atom is -0.454 e. The van der Waals surface area contributed by atoms with Gasteiger partial charge in [0.25, 0.3) is 5.91 Å². The average Bonchev–Trinajstić information content (AvgIpc) is 3.41. The Labute approximate surface area is 206 Å². The second kappa shape index (κ2) is 9.32. The van der Waals surface area contributed by atoms with Crippen molar-refractivity contribution in [2.45, 2.75) is 19.0 Å². The fraction of sp³-hybridized carbons (Fsp3) is 0.160. The molecule has 1 saturated heterocycles. The number of carbonyl (C=O) groups excluding carboxylic acids is 2. The second-order valence-electron chi connectivity index (χ2n) is 7.88. The van der Waals surface area contributed by atoms with Crippen molar-refractivity contribution < 1.29 is 19.1 Å². The van der Waals surface area contributed by atoms with Gasteiger partial charge in [-0.15, -0.1) is 0 Å². The zero-order valence-corrected chi connectivity index (χ0v) is 19.5. The Morgan fingerprint density at radius 2 is 1.82 bits per heavy atom. The van der Waals surface area contributed by atoms with Crippen LogP contribution in [0.4, 0.5) is 11.4 Å². The van der Waals surface area contributed by atoms with Crippen LogP contribution in [0.15, 0.2) is 72.8 Å². The Morgan fingerprint density at radius 1 is 1.03 bits per heavy atom. The van der Waals surface area contributed by atoms with Gasteiger partial charge in [-0.05, 0) is 60.2 Å². The summed E-state index contributed by atoms with van der Waals surface area (Å²) < 4.78 is 10.9. The minimum atomic E-state index is -0.777. The first-order valence-corrected chi connectivity index (χ1v) is 11.4. The van der Waals surface area contributed by atoms with Gasteiger partial charge in [-0.2, -0.15) is 0 Å². The Kier molecular flexibility index (Phi) is 6.08. The molecule has 34 heavy (non-hydrogen) atoms. The van der Waals surface area contributed by atoms with Crippen molar-refractivity contribution in [3.8, 4) is 11.5 Å². The van der Waals surface area contributed by atoms with Gasteiger partial charge in [0.2, 0.25) is 12.7 Å². The summed E-state index contributed by atoms with van der Waals surface area (Å²) in [6.07, 6.45) is -0.00743. The number of anilines is 2. The lowest BCUT2D eigenvalue weighted by Crippen LogP contribution is -2.46. The molecule has 5 rings (SSSR count). The highest BCUT2D eigenvalue weighted by Gasteiger charge is 2.43. The summed E-state index contributed by atoms with van der Waals surface area (Å²) in [4.78, 5) is 29.3. The SMILES string of the molecule is O=C1C[C@@H](N(Cc2ccc3c(c2)OCO3)C(=S)Nc2ccccc2)C(=O)N1c1cccc(Cl)c1. The Balaban J connectivity index is 1.45. The third-order valence-electron chi connectivity index (χ3n) is 5.64. The molecule has 3 aromatic rings. The van der Waals surface area contributed by atoms with Gasteiger partial charge in [-0.3, -0.25) is 9.59 Å². The number of imide groups is 1. The van der Waals surface area contributed by atoms with Gasteiger partial charge in [-0.1, -0.05) is 41.9 Å². The molecule has 0 aromatic heterocycles. The van der Waals surface area contributed by atoms with Crippen molar-refractivity contribution in [3.63, 3.8) is 0 Å². The zero-order valence-electron chi connectivity index (χ0n) is 17.9. The molecule has 0 saturated carbocycles. The van der Waals surface area contributed by atoms with Crippen LogP contribution in [0.3, 0.4) is 0 Å². The van der Waals surface area contributed by atoms with Crippen LogP contribution in [0.2, 0.25) is 5.02 Å². The summed E-state index contributed by atoms with van der Waals surface area (Å²) in [5.74, 6) is 0.633. The van der Waals surface area contributed by atoms with Crippen molar-refractivity contribution in [2.24, 2.45) is 0 Å². The Hall–Kier alpha value is -3.62. The van der Waals surface area contributed by atoms with Gasteiger partial charge in [0.1, 0.15) is 6.04 Å². The lowest BCUT2D eigenvalue weighted by atomic mass is 10.1. The summed E-state index contributed by atoms with van der Waals surface area (Å²) in [7, 11) is 0. The van der Waals surface area contributed by atoms with Gasteiger partial charge in [0, 0.05) is 17.3 Å². The van der Waals surface area contributed by atoms with E-state index >= 15 is 0 Å². The number of amides is 2. The van der Waals surface area contributed by atoms with E-state index in [1.165, 1.54) is 4.90 Å². The highest BCUT2D eigenvalue weighted by Crippen LogP contribution is 2.34. The summed E-state index contributed by atoms with van der Waals surface area (Å²) in [5, 5.41) is 3.97. The van der Waals surface area contributed by atoms with Crippen LogP contribution in [-0.4, -0.2) is 34.7 Å². The lowest BCUT2D eigenvalue weighted by molar-refractivity contribution is -0.122. The molecule has 9 heteroatoms. The topological polar surface area (TPSA) is 71.1 Å². The molecule has 1 fully saturated rings. The lowest BCUT2D eigenvalue weighted by Gasteiger charge is -2.30. The molecule has 2 aliphatic heterocycles. The van der Waals surface area contributed by atoms with E-state index in [9.17, 15) is 9.59 Å². The number of halogens is 1. The van der Waals surface area contributed by atoms with Crippen molar-refractivity contribution in [3.05, 3.63) is 83.4 Å². The maximum atomic E-state index is 13.5. The molecule has 2 aliphatic rings. The third-order valence-corrected chi connectivity index (χ3v) is 6.21. The number of nitrogens with zero attached hydrogens (tertiary/aromatic N) is 2. The normalized spacial score (nSPS) is 16.6. The molecule has 2 heterocycles. The maximum Gasteiger partial charge on any atom is 0.257 e. The number of thiocarbonyl (C=S) groups is 1. The monoisotopic (exact) mass is 493 g/mol. The van der Waals surface area contributed by atoms with E-state index in [2.05, 4.69) is 5.32 Å². The molecule has 0 unspecified atom stereocenters. The smallest absolute Gasteiger partial charge is 0.257 e. The molecule has 0 spiro atoms. The molecule has 1 N–H and O–H groups in total. The van der Waals surface area contributed by atoms with Gasteiger partial charge in [-0.25, -0.2) is 4.90 Å². The molecular weight excluding hydrogens is 474 g/mol. The summed E-state index contributed by atoms with van der Waals surface area (Å²) in [6, 6.07) is 20.9.